The van der Waals surface area contributed by atoms with Gasteiger partial charge in [-0.25, -0.2) is 9.97 Å². The maximum atomic E-state index is 12.2. The Morgan fingerprint density at radius 1 is 0.893 bits per heavy atom. The number of carbonyl (C=O) groups excluding carboxylic acids is 2. The summed E-state index contributed by atoms with van der Waals surface area (Å²) in [5.41, 5.74) is 2.23. The summed E-state index contributed by atoms with van der Waals surface area (Å²) in [6.45, 7) is 0. The van der Waals surface area contributed by atoms with E-state index in [9.17, 15) is 9.59 Å². The Balaban J connectivity index is 1.30. The van der Waals surface area contributed by atoms with Gasteiger partial charge in [0.05, 0.1) is 15.9 Å². The van der Waals surface area contributed by atoms with E-state index in [0.717, 1.165) is 15.9 Å². The summed E-state index contributed by atoms with van der Waals surface area (Å²) in [4.78, 5) is 33.1. The number of amides is 2. The van der Waals surface area contributed by atoms with E-state index in [1.807, 2.05) is 47.8 Å². The molecule has 0 aliphatic heterocycles. The predicted molar refractivity (Wildman–Crippen MR) is 113 cm³/mol. The van der Waals surface area contributed by atoms with E-state index in [4.69, 9.17) is 0 Å². The highest BCUT2D eigenvalue weighted by Gasteiger charge is 2.11. The molecular formula is C20H16N4O2S2. The predicted octanol–water partition coefficient (Wildman–Crippen LogP) is 4.58. The van der Waals surface area contributed by atoms with Gasteiger partial charge in [0.1, 0.15) is 0 Å². The van der Waals surface area contributed by atoms with Crippen LogP contribution in [0.3, 0.4) is 0 Å². The summed E-state index contributed by atoms with van der Waals surface area (Å²) in [6.07, 6.45) is 0.792. The summed E-state index contributed by atoms with van der Waals surface area (Å²) >= 11 is 2.80. The molecule has 0 aliphatic rings. The quantitative estimate of drug-likeness (QED) is 0.489. The van der Waals surface area contributed by atoms with Gasteiger partial charge in [0.15, 0.2) is 10.3 Å². The molecule has 8 heteroatoms. The van der Waals surface area contributed by atoms with E-state index >= 15 is 0 Å². The number of hydrogen-bond donors (Lipinski definition) is 2. The van der Waals surface area contributed by atoms with Gasteiger partial charge in [-0.3, -0.25) is 14.9 Å². The van der Waals surface area contributed by atoms with Gasteiger partial charge in [0, 0.05) is 17.4 Å². The Hall–Kier alpha value is -3.10. The molecule has 28 heavy (non-hydrogen) atoms. The van der Waals surface area contributed by atoms with Crippen molar-refractivity contribution in [2.24, 2.45) is 0 Å². The maximum absolute atomic E-state index is 12.2. The number of rotatable bonds is 6. The second kappa shape index (κ2) is 8.28. The molecule has 0 unspecified atom stereocenters. The lowest BCUT2D eigenvalue weighted by Crippen LogP contribution is -2.13. The summed E-state index contributed by atoms with van der Waals surface area (Å²) in [6, 6.07) is 16.7. The highest BCUT2D eigenvalue weighted by molar-refractivity contribution is 7.22. The number of thiazole rings is 2. The third-order valence-electron chi connectivity index (χ3n) is 3.96. The van der Waals surface area contributed by atoms with Crippen molar-refractivity contribution in [1.29, 1.82) is 0 Å². The van der Waals surface area contributed by atoms with Gasteiger partial charge in [0.25, 0.3) is 5.91 Å². The van der Waals surface area contributed by atoms with Crippen LogP contribution in [-0.4, -0.2) is 21.8 Å². The zero-order valence-corrected chi connectivity index (χ0v) is 16.3. The van der Waals surface area contributed by atoms with Crippen LogP contribution in [0.2, 0.25) is 0 Å². The van der Waals surface area contributed by atoms with Crippen LogP contribution in [0, 0.1) is 0 Å². The number of carbonyl (C=O) groups is 2. The van der Waals surface area contributed by atoms with Gasteiger partial charge < -0.3 is 5.32 Å². The highest BCUT2D eigenvalue weighted by atomic mass is 32.1. The lowest BCUT2D eigenvalue weighted by Gasteiger charge is -2.01. The van der Waals surface area contributed by atoms with E-state index in [1.54, 1.807) is 12.1 Å². The van der Waals surface area contributed by atoms with Crippen LogP contribution in [0.15, 0.2) is 60.0 Å². The van der Waals surface area contributed by atoms with E-state index in [2.05, 4.69) is 20.6 Å². The van der Waals surface area contributed by atoms with E-state index in [1.165, 1.54) is 22.7 Å². The molecule has 0 spiro atoms. The number of anilines is 2. The SMILES string of the molecule is O=C(CCc1csc(NC(=O)c2ccccc2)n1)Nc1nc2ccccc2s1. The fraction of sp³-hybridized carbons (Fsp3) is 0.100. The van der Waals surface area contributed by atoms with E-state index in [-0.39, 0.29) is 11.8 Å². The Kier molecular flexibility index (Phi) is 5.41. The molecule has 2 heterocycles. The molecule has 2 aromatic carbocycles. The van der Waals surface area contributed by atoms with Crippen LogP contribution >= 0.6 is 22.7 Å². The minimum atomic E-state index is -0.199. The lowest BCUT2D eigenvalue weighted by molar-refractivity contribution is -0.116. The summed E-state index contributed by atoms with van der Waals surface area (Å²) in [5.74, 6) is -0.308. The van der Waals surface area contributed by atoms with Crippen molar-refractivity contribution in [3.8, 4) is 0 Å². The van der Waals surface area contributed by atoms with E-state index in [0.29, 0.717) is 28.7 Å². The van der Waals surface area contributed by atoms with Crippen molar-refractivity contribution in [3.05, 3.63) is 71.2 Å². The third kappa shape index (κ3) is 4.41. The molecule has 4 aromatic rings. The summed E-state index contributed by atoms with van der Waals surface area (Å²) < 4.78 is 1.04. The summed E-state index contributed by atoms with van der Waals surface area (Å²) in [5, 5.41) is 8.59. The van der Waals surface area contributed by atoms with Crippen LogP contribution in [0.25, 0.3) is 10.2 Å². The Labute approximate surface area is 169 Å². The standard InChI is InChI=1S/C20H16N4O2S2/c25-17(23-20-22-15-8-4-5-9-16(15)28-20)11-10-14-12-27-19(21-14)24-18(26)13-6-2-1-3-7-13/h1-9,12H,10-11H2,(H,21,24,26)(H,22,23,25). The molecule has 140 valence electrons. The van der Waals surface area contributed by atoms with Crippen molar-refractivity contribution in [1.82, 2.24) is 9.97 Å². The average molecular weight is 409 g/mol. The number of aryl methyl sites for hydroxylation is 1. The van der Waals surface area contributed by atoms with Crippen molar-refractivity contribution in [2.45, 2.75) is 12.8 Å². The second-order valence-electron chi connectivity index (χ2n) is 6.00. The number of benzene rings is 2. The monoisotopic (exact) mass is 408 g/mol. The van der Waals surface area contributed by atoms with Crippen molar-refractivity contribution < 1.29 is 9.59 Å². The summed E-state index contributed by atoms with van der Waals surface area (Å²) in [7, 11) is 0. The zero-order valence-electron chi connectivity index (χ0n) is 14.7. The van der Waals surface area contributed by atoms with Gasteiger partial charge in [-0.05, 0) is 30.7 Å². The Bertz CT molecular complexity index is 1090. The number of hydrogen-bond acceptors (Lipinski definition) is 6. The molecule has 6 nitrogen and oxygen atoms in total. The fourth-order valence-corrected chi connectivity index (χ4v) is 4.21. The third-order valence-corrected chi connectivity index (χ3v) is 5.71. The number of aromatic nitrogens is 2. The molecule has 0 atom stereocenters. The minimum absolute atomic E-state index is 0.109. The molecule has 0 fully saturated rings. The first-order valence-electron chi connectivity index (χ1n) is 8.63. The first-order chi connectivity index (χ1) is 13.7. The van der Waals surface area contributed by atoms with Crippen LogP contribution in [-0.2, 0) is 11.2 Å². The molecule has 2 aromatic heterocycles. The number of fused-ring (bicyclic) bond motifs is 1. The number of para-hydroxylation sites is 1. The van der Waals surface area contributed by atoms with Crippen LogP contribution in [0.4, 0.5) is 10.3 Å². The van der Waals surface area contributed by atoms with Crippen LogP contribution in [0.5, 0.6) is 0 Å². The lowest BCUT2D eigenvalue weighted by atomic mass is 10.2. The number of nitrogens with one attached hydrogen (secondary N) is 2. The second-order valence-corrected chi connectivity index (χ2v) is 7.89. The molecule has 0 aliphatic carbocycles. The normalized spacial score (nSPS) is 10.7. The van der Waals surface area contributed by atoms with Gasteiger partial charge in [-0.1, -0.05) is 41.7 Å². The maximum Gasteiger partial charge on any atom is 0.257 e. The van der Waals surface area contributed by atoms with Gasteiger partial charge >= 0.3 is 0 Å². The topological polar surface area (TPSA) is 84.0 Å². The van der Waals surface area contributed by atoms with Gasteiger partial charge in [-0.2, -0.15) is 0 Å². The molecule has 2 amide bonds. The van der Waals surface area contributed by atoms with Crippen LogP contribution in [0.1, 0.15) is 22.5 Å². The molecule has 4 rings (SSSR count). The van der Waals surface area contributed by atoms with Crippen molar-refractivity contribution in [2.75, 3.05) is 10.6 Å². The highest BCUT2D eigenvalue weighted by Crippen LogP contribution is 2.25. The first-order valence-corrected chi connectivity index (χ1v) is 10.3. The molecule has 0 radical (unpaired) electrons. The largest absolute Gasteiger partial charge is 0.302 e. The fourth-order valence-electron chi connectivity index (χ4n) is 2.59. The first kappa shape index (κ1) is 18.3. The smallest absolute Gasteiger partial charge is 0.257 e. The minimum Gasteiger partial charge on any atom is -0.302 e. The van der Waals surface area contributed by atoms with Gasteiger partial charge in [0.2, 0.25) is 5.91 Å². The molecule has 0 saturated heterocycles. The Morgan fingerprint density at radius 3 is 2.50 bits per heavy atom. The Morgan fingerprint density at radius 2 is 1.68 bits per heavy atom. The van der Waals surface area contributed by atoms with E-state index < -0.39 is 0 Å². The molecule has 2 N–H and O–H groups in total. The zero-order chi connectivity index (χ0) is 19.3. The molecule has 0 bridgehead atoms. The molecular weight excluding hydrogens is 392 g/mol. The van der Waals surface area contributed by atoms with Gasteiger partial charge in [-0.15, -0.1) is 11.3 Å². The number of nitrogens with zero attached hydrogens (tertiary/aromatic N) is 2. The average Bonchev–Trinajstić information content (AvgIpc) is 3.33. The van der Waals surface area contributed by atoms with Crippen molar-refractivity contribution in [3.63, 3.8) is 0 Å². The van der Waals surface area contributed by atoms with Crippen molar-refractivity contribution >= 4 is 55.0 Å². The molecule has 0 saturated carbocycles. The van der Waals surface area contributed by atoms with Crippen LogP contribution < -0.4 is 10.6 Å².